The highest BCUT2D eigenvalue weighted by molar-refractivity contribution is 7.45. The van der Waals surface area contributed by atoms with Crippen molar-refractivity contribution in [2.75, 3.05) is 40.9 Å². The third kappa shape index (κ3) is 50.6. The normalized spacial score (nSPS) is 14.2. The summed E-state index contributed by atoms with van der Waals surface area (Å²) in [6.07, 6.45) is 61.9. The SMILES string of the molecule is CC/C=C\C/C=C\C/C=C\CCCCCCCC(=O)NC(COP(=O)([O-])OCC[N+](C)(C)C)C(O)CCCCCCCCCCCCCCCCCCCCCCCCCCCCCCC. The molecule has 0 aliphatic heterocycles. The topological polar surface area (TPSA) is 108 Å². The minimum absolute atomic E-state index is 0.00827. The van der Waals surface area contributed by atoms with Gasteiger partial charge in [-0.1, -0.05) is 256 Å². The lowest BCUT2D eigenvalue weighted by molar-refractivity contribution is -0.870. The number of nitrogens with zero attached hydrogens (tertiary/aromatic N) is 1. The number of carbonyl (C=O) groups is 1. The Labute approximate surface area is 410 Å². The molecule has 0 radical (unpaired) electrons. The van der Waals surface area contributed by atoms with E-state index < -0.39 is 20.0 Å². The Morgan fingerprint density at radius 2 is 0.924 bits per heavy atom. The summed E-state index contributed by atoms with van der Waals surface area (Å²) in [5.74, 6) is -0.180. The predicted octanol–water partition coefficient (Wildman–Crippen LogP) is 16.4. The Bertz CT molecular complexity index is 1170. The van der Waals surface area contributed by atoms with Crippen LogP contribution in [-0.2, 0) is 18.4 Å². The number of quaternary nitrogens is 1. The Morgan fingerprint density at radius 3 is 1.35 bits per heavy atom. The molecule has 0 fully saturated rings. The summed E-state index contributed by atoms with van der Waals surface area (Å²) in [7, 11) is 1.30. The van der Waals surface area contributed by atoms with Crippen molar-refractivity contribution in [3.05, 3.63) is 36.5 Å². The number of unbranched alkanes of at least 4 members (excludes halogenated alkanes) is 33. The summed E-state index contributed by atoms with van der Waals surface area (Å²) < 4.78 is 23.4. The summed E-state index contributed by atoms with van der Waals surface area (Å²) in [6.45, 7) is 4.62. The Balaban J connectivity index is 4.08. The van der Waals surface area contributed by atoms with Gasteiger partial charge >= 0.3 is 0 Å². The lowest BCUT2D eigenvalue weighted by atomic mass is 10.0. The first-order valence-corrected chi connectivity index (χ1v) is 29.8. The summed E-state index contributed by atoms with van der Waals surface area (Å²) in [5.41, 5.74) is 0. The average Bonchev–Trinajstić information content (AvgIpc) is 3.28. The minimum atomic E-state index is -4.58. The standard InChI is InChI=1S/C57H111N2O6P/c1-6-8-10-12-14-16-18-20-22-23-24-25-26-27-28-29-30-31-32-33-34-35-37-38-40-42-44-46-48-50-56(60)55(54-65-66(62,63)64-53-52-59(3,4)5)58-57(61)51-49-47-45-43-41-39-36-21-19-17-15-13-11-9-7-2/h9,11,15,17,21,36,55-56,60H,6-8,10,12-14,16,18-20,22-35,37-54H2,1-5H3,(H-,58,61,62,63)/b11-9-,17-15-,36-21-. The monoisotopic (exact) mass is 951 g/mol. The summed E-state index contributed by atoms with van der Waals surface area (Å²) in [5, 5.41) is 14.0. The molecule has 390 valence electrons. The number of aliphatic hydroxyl groups excluding tert-OH is 1. The number of hydrogen-bond donors (Lipinski definition) is 2. The van der Waals surface area contributed by atoms with Crippen molar-refractivity contribution in [2.24, 2.45) is 0 Å². The number of phosphoric acid groups is 1. The van der Waals surface area contributed by atoms with Crippen LogP contribution in [0.15, 0.2) is 36.5 Å². The van der Waals surface area contributed by atoms with Gasteiger partial charge in [-0.25, -0.2) is 0 Å². The molecule has 3 atom stereocenters. The molecule has 9 heteroatoms. The zero-order chi connectivity index (χ0) is 48.5. The van der Waals surface area contributed by atoms with Crippen molar-refractivity contribution in [3.63, 3.8) is 0 Å². The zero-order valence-electron chi connectivity index (χ0n) is 44.4. The van der Waals surface area contributed by atoms with Crippen molar-refractivity contribution < 1.29 is 32.9 Å². The fourth-order valence-electron chi connectivity index (χ4n) is 8.47. The number of allylic oxidation sites excluding steroid dienone is 6. The number of phosphoric ester groups is 1. The van der Waals surface area contributed by atoms with Gasteiger partial charge in [0.05, 0.1) is 39.9 Å². The zero-order valence-corrected chi connectivity index (χ0v) is 45.3. The maximum atomic E-state index is 12.9. The van der Waals surface area contributed by atoms with Crippen LogP contribution in [0.5, 0.6) is 0 Å². The number of carbonyl (C=O) groups excluding carboxylic acids is 1. The van der Waals surface area contributed by atoms with Crippen LogP contribution < -0.4 is 10.2 Å². The molecule has 0 saturated carbocycles. The molecule has 3 unspecified atom stereocenters. The molecule has 0 bridgehead atoms. The van der Waals surface area contributed by atoms with E-state index in [1.54, 1.807) is 0 Å². The second-order valence-corrected chi connectivity index (χ2v) is 22.0. The van der Waals surface area contributed by atoms with E-state index in [1.807, 2.05) is 21.1 Å². The largest absolute Gasteiger partial charge is 0.756 e. The van der Waals surface area contributed by atoms with Gasteiger partial charge in [-0.3, -0.25) is 9.36 Å². The quantitative estimate of drug-likeness (QED) is 0.0272. The first kappa shape index (κ1) is 64.7. The molecule has 0 heterocycles. The van der Waals surface area contributed by atoms with Crippen molar-refractivity contribution in [1.29, 1.82) is 0 Å². The Kier molecular flexibility index (Phi) is 47.8. The second-order valence-electron chi connectivity index (χ2n) is 20.6. The van der Waals surface area contributed by atoms with E-state index in [4.69, 9.17) is 9.05 Å². The van der Waals surface area contributed by atoms with Gasteiger partial charge in [-0.2, -0.15) is 0 Å². The fourth-order valence-corrected chi connectivity index (χ4v) is 9.19. The number of nitrogens with one attached hydrogen (secondary N) is 1. The van der Waals surface area contributed by atoms with Gasteiger partial charge in [0.1, 0.15) is 13.2 Å². The van der Waals surface area contributed by atoms with Gasteiger partial charge in [0.2, 0.25) is 5.91 Å². The highest BCUT2D eigenvalue weighted by Crippen LogP contribution is 2.38. The number of rotatable bonds is 52. The van der Waals surface area contributed by atoms with Crippen LogP contribution >= 0.6 is 7.82 Å². The molecular formula is C57H111N2O6P. The molecule has 0 rings (SSSR count). The first-order chi connectivity index (χ1) is 32.0. The van der Waals surface area contributed by atoms with Crippen LogP contribution in [-0.4, -0.2) is 68.5 Å². The van der Waals surface area contributed by atoms with Crippen molar-refractivity contribution in [2.45, 2.75) is 283 Å². The molecule has 0 saturated heterocycles. The van der Waals surface area contributed by atoms with Crippen molar-refractivity contribution in [1.82, 2.24) is 5.32 Å². The predicted molar refractivity (Wildman–Crippen MR) is 284 cm³/mol. The lowest BCUT2D eigenvalue weighted by Crippen LogP contribution is -2.46. The van der Waals surface area contributed by atoms with E-state index in [-0.39, 0.29) is 19.1 Å². The molecule has 66 heavy (non-hydrogen) atoms. The van der Waals surface area contributed by atoms with Crippen molar-refractivity contribution in [3.8, 4) is 0 Å². The fraction of sp³-hybridized carbons (Fsp3) is 0.877. The molecule has 0 aromatic heterocycles. The first-order valence-electron chi connectivity index (χ1n) is 28.3. The van der Waals surface area contributed by atoms with Gasteiger partial charge in [0.15, 0.2) is 0 Å². The van der Waals surface area contributed by atoms with Gasteiger partial charge in [0.25, 0.3) is 7.82 Å². The average molecular weight is 951 g/mol. The Morgan fingerprint density at radius 1 is 0.545 bits per heavy atom. The molecule has 0 aromatic rings. The van der Waals surface area contributed by atoms with Gasteiger partial charge in [-0.05, 0) is 44.9 Å². The van der Waals surface area contributed by atoms with Crippen LogP contribution in [0.3, 0.4) is 0 Å². The lowest BCUT2D eigenvalue weighted by Gasteiger charge is -2.30. The molecule has 2 N–H and O–H groups in total. The maximum absolute atomic E-state index is 12.9. The van der Waals surface area contributed by atoms with E-state index in [1.165, 1.54) is 167 Å². The number of aliphatic hydroxyl groups is 1. The molecule has 8 nitrogen and oxygen atoms in total. The molecule has 0 aliphatic carbocycles. The second kappa shape index (κ2) is 48.7. The number of amides is 1. The molecular weight excluding hydrogens is 840 g/mol. The Hall–Kier alpha value is -1.28. The maximum Gasteiger partial charge on any atom is 0.268 e. The van der Waals surface area contributed by atoms with E-state index in [9.17, 15) is 19.4 Å². The molecule has 1 amide bonds. The smallest absolute Gasteiger partial charge is 0.268 e. The van der Waals surface area contributed by atoms with Gasteiger partial charge in [0, 0.05) is 6.42 Å². The summed E-state index contributed by atoms with van der Waals surface area (Å²) in [4.78, 5) is 25.5. The molecule has 0 aliphatic rings. The molecule has 0 spiro atoms. The third-order valence-electron chi connectivity index (χ3n) is 12.9. The molecule has 0 aromatic carbocycles. The van der Waals surface area contributed by atoms with E-state index in [0.29, 0.717) is 23.9 Å². The third-order valence-corrected chi connectivity index (χ3v) is 13.9. The van der Waals surface area contributed by atoms with Crippen LogP contribution in [0.25, 0.3) is 0 Å². The van der Waals surface area contributed by atoms with Crippen LogP contribution in [0, 0.1) is 0 Å². The number of hydrogen-bond acceptors (Lipinski definition) is 6. The van der Waals surface area contributed by atoms with Crippen LogP contribution in [0.4, 0.5) is 0 Å². The summed E-state index contributed by atoms with van der Waals surface area (Å²) in [6, 6.07) is -0.810. The number of likely N-dealkylation sites (N-methyl/N-ethyl adjacent to an activating group) is 1. The van der Waals surface area contributed by atoms with Gasteiger partial charge < -0.3 is 28.8 Å². The highest BCUT2D eigenvalue weighted by atomic mass is 31.2. The highest BCUT2D eigenvalue weighted by Gasteiger charge is 2.24. The van der Waals surface area contributed by atoms with Crippen molar-refractivity contribution >= 4 is 13.7 Å². The minimum Gasteiger partial charge on any atom is -0.756 e. The van der Waals surface area contributed by atoms with E-state index in [2.05, 4.69) is 55.6 Å². The van der Waals surface area contributed by atoms with Crippen LogP contribution in [0.2, 0.25) is 0 Å². The van der Waals surface area contributed by atoms with E-state index >= 15 is 0 Å². The van der Waals surface area contributed by atoms with Crippen LogP contribution in [0.1, 0.15) is 271 Å². The van der Waals surface area contributed by atoms with Gasteiger partial charge in [-0.15, -0.1) is 0 Å². The summed E-state index contributed by atoms with van der Waals surface area (Å²) >= 11 is 0. The van der Waals surface area contributed by atoms with E-state index in [0.717, 1.165) is 77.0 Å².